The molecule has 0 aromatic heterocycles. The van der Waals surface area contributed by atoms with Crippen molar-refractivity contribution in [3.05, 3.63) is 12.7 Å². The standard InChI is InChI=1S/C47H73F2N5O7S/c1-9-32-25-44(32,41(59)51-62(60,61)52-22-13-14-23-52)27-37(56)35-26-46(43(7,8)45(46)19-15-20-45)28-54(35)40(58)33(42(4,5)6)24-36(55)38(31-16-11-10-12-17-31)50-39(57)34-18-21-47(48,49)29-53(34)30(2)3/h9,30-35,38H,1,10-29H2,2-8H3,(H,50,57)(H,51,59)/t32-,33-,34+,35+,38?,44-,46-/m1/s1. The Labute approximate surface area is 368 Å². The Kier molecular flexibility index (Phi) is 12.6. The second-order valence-electron chi connectivity index (χ2n) is 22.4. The maximum Gasteiger partial charge on any atom is 0.303 e. The minimum absolute atomic E-state index is 0.0218. The zero-order valence-electron chi connectivity index (χ0n) is 38.3. The number of nitrogens with one attached hydrogen (secondary N) is 2. The van der Waals surface area contributed by atoms with Crippen molar-refractivity contribution >= 4 is 39.5 Å². The fraction of sp³-hybridized carbons (Fsp3) is 0.851. The molecule has 12 nitrogen and oxygen atoms in total. The molecule has 7 fully saturated rings. The Hall–Kier alpha value is -2.78. The summed E-state index contributed by atoms with van der Waals surface area (Å²) in [4.78, 5) is 76.4. The lowest BCUT2D eigenvalue weighted by molar-refractivity contribution is -0.147. The van der Waals surface area contributed by atoms with Gasteiger partial charge in [0.15, 0.2) is 11.6 Å². The van der Waals surface area contributed by atoms with Crippen LogP contribution >= 0.6 is 0 Å². The molecule has 7 rings (SSSR count). The zero-order valence-corrected chi connectivity index (χ0v) is 39.1. The zero-order chi connectivity index (χ0) is 45.4. The van der Waals surface area contributed by atoms with Crippen molar-refractivity contribution in [3.63, 3.8) is 0 Å². The monoisotopic (exact) mass is 890 g/mol. The van der Waals surface area contributed by atoms with Crippen LogP contribution in [0, 0.1) is 44.8 Å². The van der Waals surface area contributed by atoms with Crippen molar-refractivity contribution in [1.82, 2.24) is 24.1 Å². The van der Waals surface area contributed by atoms with E-state index < -0.39 is 81.7 Å². The van der Waals surface area contributed by atoms with E-state index in [2.05, 4.69) is 30.5 Å². The van der Waals surface area contributed by atoms with Gasteiger partial charge in [-0.3, -0.25) is 28.9 Å². The van der Waals surface area contributed by atoms with E-state index in [1.807, 2.05) is 20.8 Å². The van der Waals surface area contributed by atoms with E-state index in [1.54, 1.807) is 24.8 Å². The Morgan fingerprint density at radius 1 is 0.855 bits per heavy atom. The highest BCUT2D eigenvalue weighted by Gasteiger charge is 2.85. The molecule has 62 heavy (non-hydrogen) atoms. The molecule has 4 aliphatic carbocycles. The van der Waals surface area contributed by atoms with Crippen LogP contribution in [0.25, 0.3) is 0 Å². The van der Waals surface area contributed by atoms with Crippen LogP contribution in [-0.4, -0.2) is 108 Å². The van der Waals surface area contributed by atoms with Gasteiger partial charge in [0.05, 0.1) is 30.1 Å². The maximum absolute atomic E-state index is 15.4. The molecular formula is C47H73F2N5O7S. The van der Waals surface area contributed by atoms with Crippen LogP contribution in [0.1, 0.15) is 151 Å². The number of allylic oxidation sites excluding steroid dienone is 1. The molecule has 7 aliphatic rings. The second-order valence-corrected chi connectivity index (χ2v) is 24.0. The molecular weight excluding hydrogens is 817 g/mol. The number of likely N-dealkylation sites (tertiary alicyclic amines) is 2. The Bertz CT molecular complexity index is 1920. The van der Waals surface area contributed by atoms with Crippen molar-refractivity contribution < 1.29 is 41.2 Å². The largest absolute Gasteiger partial charge is 0.345 e. The average molecular weight is 890 g/mol. The fourth-order valence-corrected chi connectivity index (χ4v) is 14.5. The summed E-state index contributed by atoms with van der Waals surface area (Å²) < 4.78 is 59.1. The third-order valence-electron chi connectivity index (χ3n) is 17.5. The lowest BCUT2D eigenvalue weighted by Gasteiger charge is -2.42. The van der Waals surface area contributed by atoms with Crippen LogP contribution in [0.3, 0.4) is 0 Å². The molecule has 3 saturated heterocycles. The van der Waals surface area contributed by atoms with Gasteiger partial charge >= 0.3 is 10.2 Å². The van der Waals surface area contributed by atoms with Crippen molar-refractivity contribution in [2.45, 2.75) is 181 Å². The number of fused-ring (bicyclic) bond motifs is 1. The number of Topliss-reactive ketones (excluding diaryl/α,β-unsaturated/α-hetero) is 2. The quantitative estimate of drug-likeness (QED) is 0.175. The average Bonchev–Trinajstić information content (AvgIpc) is 3.63. The van der Waals surface area contributed by atoms with E-state index >= 15 is 4.79 Å². The number of carbonyl (C=O) groups excluding carboxylic acids is 5. The number of amides is 3. The number of piperidine rings is 1. The first-order valence-electron chi connectivity index (χ1n) is 23.6. The van der Waals surface area contributed by atoms with Crippen LogP contribution in [-0.2, 0) is 34.2 Å². The van der Waals surface area contributed by atoms with Gasteiger partial charge in [0, 0.05) is 56.3 Å². The molecule has 0 bridgehead atoms. The van der Waals surface area contributed by atoms with E-state index in [0.717, 1.165) is 51.4 Å². The number of hydrogen-bond donors (Lipinski definition) is 2. The van der Waals surface area contributed by atoms with E-state index in [1.165, 1.54) is 9.21 Å². The number of halogens is 2. The molecule has 0 aromatic carbocycles. The predicted molar refractivity (Wildman–Crippen MR) is 232 cm³/mol. The summed E-state index contributed by atoms with van der Waals surface area (Å²) in [7, 11) is -4.10. The Balaban J connectivity index is 1.15. The van der Waals surface area contributed by atoms with E-state index in [-0.39, 0.29) is 71.4 Å². The van der Waals surface area contributed by atoms with Crippen molar-refractivity contribution in [1.29, 1.82) is 0 Å². The van der Waals surface area contributed by atoms with Gasteiger partial charge in [0.2, 0.25) is 17.7 Å². The van der Waals surface area contributed by atoms with Gasteiger partial charge in [-0.2, -0.15) is 12.7 Å². The highest BCUT2D eigenvalue weighted by molar-refractivity contribution is 7.87. The third kappa shape index (κ3) is 8.12. The highest BCUT2D eigenvalue weighted by Crippen LogP contribution is 2.88. The molecule has 3 aliphatic heterocycles. The lowest BCUT2D eigenvalue weighted by Crippen LogP contribution is -2.60. The summed E-state index contributed by atoms with van der Waals surface area (Å²) in [5, 5.41) is 3.06. The molecule has 0 radical (unpaired) electrons. The van der Waals surface area contributed by atoms with Gasteiger partial charge in [-0.25, -0.2) is 13.5 Å². The molecule has 0 aromatic rings. The van der Waals surface area contributed by atoms with Crippen LogP contribution < -0.4 is 10.0 Å². The number of rotatable bonds is 15. The normalized spacial score (nSPS) is 32.9. The fourth-order valence-electron chi connectivity index (χ4n) is 13.2. The van der Waals surface area contributed by atoms with E-state index in [9.17, 15) is 36.4 Å². The van der Waals surface area contributed by atoms with E-state index in [4.69, 9.17) is 0 Å². The van der Waals surface area contributed by atoms with Crippen molar-refractivity contribution in [2.24, 2.45) is 44.8 Å². The topological polar surface area (TPSA) is 153 Å². The number of alkyl halides is 2. The minimum atomic E-state index is -4.10. The summed E-state index contributed by atoms with van der Waals surface area (Å²) in [5.41, 5.74) is -2.53. The van der Waals surface area contributed by atoms with Crippen molar-refractivity contribution in [3.8, 4) is 0 Å². The number of nitrogens with zero attached hydrogens (tertiary/aromatic N) is 3. The minimum Gasteiger partial charge on any atom is -0.345 e. The van der Waals surface area contributed by atoms with Crippen LogP contribution in [0.4, 0.5) is 8.78 Å². The summed E-state index contributed by atoms with van der Waals surface area (Å²) in [6.45, 7) is 18.1. The summed E-state index contributed by atoms with van der Waals surface area (Å²) in [6.07, 6.45) is 10.2. The number of ketones is 2. The van der Waals surface area contributed by atoms with Gasteiger partial charge in [0.1, 0.15) is 0 Å². The molecule has 3 amide bonds. The first kappa shape index (κ1) is 47.2. The van der Waals surface area contributed by atoms with Gasteiger partial charge in [-0.1, -0.05) is 66.4 Å². The Morgan fingerprint density at radius 3 is 2.03 bits per heavy atom. The summed E-state index contributed by atoms with van der Waals surface area (Å²) in [5.74, 6) is -6.34. The first-order chi connectivity index (χ1) is 28.9. The number of hydrogen-bond acceptors (Lipinski definition) is 8. The molecule has 2 N–H and O–H groups in total. The lowest BCUT2D eigenvalue weighted by atomic mass is 9.73. The Morgan fingerprint density at radius 2 is 1.50 bits per heavy atom. The predicted octanol–water partition coefficient (Wildman–Crippen LogP) is 6.59. The third-order valence-corrected chi connectivity index (χ3v) is 19.0. The first-order valence-corrected chi connectivity index (χ1v) is 25.1. The SMILES string of the molecule is C=C[C@@H]1C[C@]1(CC(=O)[C@@H]1C[C@@]2(CN1C(=O)[C@@H](CC(=O)C(NC(=O)[C@@H]1CCC(F)(F)CN1C(C)C)C1CCCCC1)C(C)(C)C)C(C)(C)C21CCC1)C(=O)NS(=O)(=O)N1CCCC1. The smallest absolute Gasteiger partial charge is 0.303 e. The van der Waals surface area contributed by atoms with Gasteiger partial charge in [0.25, 0.3) is 5.92 Å². The van der Waals surface area contributed by atoms with Gasteiger partial charge in [-0.05, 0) is 99.7 Å². The number of carbonyl (C=O) groups is 5. The molecule has 348 valence electrons. The maximum atomic E-state index is 15.4. The molecule has 7 atom stereocenters. The van der Waals surface area contributed by atoms with Gasteiger partial charge < -0.3 is 10.2 Å². The van der Waals surface area contributed by atoms with Gasteiger partial charge in [-0.15, -0.1) is 6.58 Å². The van der Waals surface area contributed by atoms with Crippen LogP contribution in [0.15, 0.2) is 12.7 Å². The van der Waals surface area contributed by atoms with Crippen LogP contribution in [0.2, 0.25) is 0 Å². The molecule has 3 heterocycles. The molecule has 15 heteroatoms. The molecule has 4 saturated carbocycles. The molecule has 2 spiro atoms. The summed E-state index contributed by atoms with van der Waals surface area (Å²) in [6, 6.07) is -2.87. The second kappa shape index (κ2) is 16.6. The van der Waals surface area contributed by atoms with Crippen molar-refractivity contribution in [2.75, 3.05) is 26.2 Å². The van der Waals surface area contributed by atoms with Crippen LogP contribution in [0.5, 0.6) is 0 Å². The molecule has 1 unspecified atom stereocenters. The highest BCUT2D eigenvalue weighted by atomic mass is 32.2. The van der Waals surface area contributed by atoms with E-state index in [0.29, 0.717) is 38.9 Å². The summed E-state index contributed by atoms with van der Waals surface area (Å²) >= 11 is 0.